The zero-order chi connectivity index (χ0) is 15.3. The summed E-state index contributed by atoms with van der Waals surface area (Å²) in [4.78, 5) is 11.4. The van der Waals surface area contributed by atoms with E-state index < -0.39 is 40.6 Å². The van der Waals surface area contributed by atoms with E-state index in [9.17, 15) is 26.7 Å². The molecule has 0 radical (unpaired) electrons. The highest BCUT2D eigenvalue weighted by molar-refractivity contribution is 5.90. The highest BCUT2D eigenvalue weighted by Crippen LogP contribution is 2.23. The summed E-state index contributed by atoms with van der Waals surface area (Å²) in [5.41, 5.74) is -1.58. The van der Waals surface area contributed by atoms with Crippen molar-refractivity contribution in [3.05, 3.63) is 46.8 Å². The molecular formula is C13H11F5O2. The number of halogens is 5. The summed E-state index contributed by atoms with van der Waals surface area (Å²) in [7, 11) is 0. The topological polar surface area (TPSA) is 26.3 Å². The fraction of sp³-hybridized carbons (Fsp3) is 0.308. The lowest BCUT2D eigenvalue weighted by molar-refractivity contribution is 0.0497. The monoisotopic (exact) mass is 294 g/mol. The number of benzene rings is 1. The number of carbonyl (C=O) groups excluding carboxylic acids is 1. The van der Waals surface area contributed by atoms with Gasteiger partial charge in [0.15, 0.2) is 23.3 Å². The van der Waals surface area contributed by atoms with E-state index in [4.69, 9.17) is 0 Å². The summed E-state index contributed by atoms with van der Waals surface area (Å²) < 4.78 is 69.5. The van der Waals surface area contributed by atoms with E-state index in [0.717, 1.165) is 6.42 Å². The standard InChI is InChI=1S/C13H11F5O2/c1-2-3-4-5-6-20-13(19)7-8(14)10(16)12(18)11(17)9(7)15/h3-4H,2,5-6H2,1H3/b4-3-. The van der Waals surface area contributed by atoms with E-state index >= 15 is 0 Å². The average molecular weight is 294 g/mol. The Bertz CT molecular complexity index is 511. The first kappa shape index (κ1) is 16.1. The Labute approximate surface area is 111 Å². The Morgan fingerprint density at radius 3 is 1.95 bits per heavy atom. The summed E-state index contributed by atoms with van der Waals surface area (Å²) in [5, 5.41) is 0. The van der Waals surface area contributed by atoms with Gasteiger partial charge in [-0.15, -0.1) is 0 Å². The molecule has 1 aromatic rings. The zero-order valence-electron chi connectivity index (χ0n) is 10.5. The zero-order valence-corrected chi connectivity index (χ0v) is 10.5. The van der Waals surface area contributed by atoms with Crippen molar-refractivity contribution >= 4 is 5.97 Å². The van der Waals surface area contributed by atoms with Crippen LogP contribution in [0.4, 0.5) is 22.0 Å². The van der Waals surface area contributed by atoms with Gasteiger partial charge >= 0.3 is 5.97 Å². The fourth-order valence-corrected chi connectivity index (χ4v) is 1.36. The van der Waals surface area contributed by atoms with Gasteiger partial charge in [-0.25, -0.2) is 26.7 Å². The van der Waals surface area contributed by atoms with Crippen molar-refractivity contribution in [1.29, 1.82) is 0 Å². The second-order valence-electron chi connectivity index (χ2n) is 3.75. The Balaban J connectivity index is 2.91. The largest absolute Gasteiger partial charge is 0.462 e. The lowest BCUT2D eigenvalue weighted by Crippen LogP contribution is -2.15. The van der Waals surface area contributed by atoms with Crippen LogP contribution >= 0.6 is 0 Å². The minimum atomic E-state index is -2.32. The van der Waals surface area contributed by atoms with Crippen LogP contribution in [0.2, 0.25) is 0 Å². The van der Waals surface area contributed by atoms with Crippen LogP contribution < -0.4 is 0 Å². The first-order chi connectivity index (χ1) is 9.41. The van der Waals surface area contributed by atoms with Crippen molar-refractivity contribution in [2.75, 3.05) is 6.61 Å². The molecule has 7 heteroatoms. The van der Waals surface area contributed by atoms with Crippen LogP contribution in [0.3, 0.4) is 0 Å². The highest BCUT2D eigenvalue weighted by atomic mass is 19.2. The normalized spacial score (nSPS) is 11.1. The van der Waals surface area contributed by atoms with E-state index in [2.05, 4.69) is 4.74 Å². The third-order valence-electron chi connectivity index (χ3n) is 2.33. The number of hydrogen-bond donors (Lipinski definition) is 0. The van der Waals surface area contributed by atoms with Crippen LogP contribution in [0.25, 0.3) is 0 Å². The molecule has 0 saturated carbocycles. The molecule has 20 heavy (non-hydrogen) atoms. The van der Waals surface area contributed by atoms with Crippen molar-refractivity contribution in [2.45, 2.75) is 19.8 Å². The molecule has 1 rings (SSSR count). The summed E-state index contributed by atoms with van der Waals surface area (Å²) in [6.07, 6.45) is 4.46. The Hall–Kier alpha value is -1.92. The minimum Gasteiger partial charge on any atom is -0.462 e. The molecule has 0 bridgehead atoms. The van der Waals surface area contributed by atoms with Gasteiger partial charge in [0.05, 0.1) is 6.61 Å². The molecule has 0 heterocycles. The van der Waals surface area contributed by atoms with Gasteiger partial charge in [-0.05, 0) is 12.8 Å². The second kappa shape index (κ2) is 7.02. The minimum absolute atomic E-state index is 0.227. The van der Waals surface area contributed by atoms with Crippen LogP contribution in [-0.2, 0) is 4.74 Å². The summed E-state index contributed by atoms with van der Waals surface area (Å²) in [6.45, 7) is 1.64. The molecule has 0 aliphatic heterocycles. The number of esters is 1. The summed E-state index contributed by atoms with van der Waals surface area (Å²) in [6, 6.07) is 0. The van der Waals surface area contributed by atoms with Crippen molar-refractivity contribution in [3.63, 3.8) is 0 Å². The molecule has 110 valence electrons. The highest BCUT2D eigenvalue weighted by Gasteiger charge is 2.30. The van der Waals surface area contributed by atoms with E-state index in [0.29, 0.717) is 0 Å². The van der Waals surface area contributed by atoms with Gasteiger partial charge in [-0.1, -0.05) is 19.1 Å². The Morgan fingerprint density at radius 2 is 1.45 bits per heavy atom. The van der Waals surface area contributed by atoms with Gasteiger partial charge in [-0.2, -0.15) is 0 Å². The van der Waals surface area contributed by atoms with Crippen molar-refractivity contribution in [2.24, 2.45) is 0 Å². The molecule has 0 amide bonds. The Kier molecular flexibility index (Phi) is 5.66. The third-order valence-corrected chi connectivity index (χ3v) is 2.33. The van der Waals surface area contributed by atoms with Crippen molar-refractivity contribution in [1.82, 2.24) is 0 Å². The van der Waals surface area contributed by atoms with Crippen LogP contribution in [0.5, 0.6) is 0 Å². The van der Waals surface area contributed by atoms with Gasteiger partial charge in [0.2, 0.25) is 5.82 Å². The summed E-state index contributed by atoms with van der Waals surface area (Å²) in [5.74, 6) is -12.7. The molecule has 0 fully saturated rings. The molecular weight excluding hydrogens is 283 g/mol. The molecule has 0 spiro atoms. The molecule has 0 aromatic heterocycles. The Morgan fingerprint density at radius 1 is 0.950 bits per heavy atom. The quantitative estimate of drug-likeness (QED) is 0.206. The molecule has 0 atom stereocenters. The lowest BCUT2D eigenvalue weighted by Gasteiger charge is -2.07. The van der Waals surface area contributed by atoms with Gasteiger partial charge in [-0.3, -0.25) is 0 Å². The van der Waals surface area contributed by atoms with E-state index in [1.165, 1.54) is 0 Å². The van der Waals surface area contributed by atoms with E-state index in [-0.39, 0.29) is 13.0 Å². The number of carbonyl (C=O) groups is 1. The average Bonchev–Trinajstić information content (AvgIpc) is 2.43. The predicted molar refractivity (Wildman–Crippen MR) is 60.6 cm³/mol. The van der Waals surface area contributed by atoms with Crippen LogP contribution in [0.15, 0.2) is 12.2 Å². The molecule has 0 aliphatic carbocycles. The van der Waals surface area contributed by atoms with Crippen molar-refractivity contribution < 1.29 is 31.5 Å². The maximum absolute atomic E-state index is 13.2. The van der Waals surface area contributed by atoms with Crippen LogP contribution in [-0.4, -0.2) is 12.6 Å². The second-order valence-corrected chi connectivity index (χ2v) is 3.75. The number of ether oxygens (including phenoxy) is 1. The summed E-state index contributed by atoms with van der Waals surface area (Å²) >= 11 is 0. The van der Waals surface area contributed by atoms with Crippen LogP contribution in [0.1, 0.15) is 30.1 Å². The SMILES string of the molecule is CC/C=C\CCOC(=O)c1c(F)c(F)c(F)c(F)c1F. The number of rotatable bonds is 5. The van der Waals surface area contributed by atoms with Gasteiger partial charge < -0.3 is 4.74 Å². The van der Waals surface area contributed by atoms with Gasteiger partial charge in [0.25, 0.3) is 0 Å². The van der Waals surface area contributed by atoms with Gasteiger partial charge in [0.1, 0.15) is 5.56 Å². The molecule has 2 nitrogen and oxygen atoms in total. The fourth-order valence-electron chi connectivity index (χ4n) is 1.36. The first-order valence-corrected chi connectivity index (χ1v) is 5.75. The predicted octanol–water partition coefficient (Wildman–Crippen LogP) is 3.90. The molecule has 0 unspecified atom stereocenters. The number of hydrogen-bond acceptors (Lipinski definition) is 2. The molecule has 0 N–H and O–H groups in total. The maximum atomic E-state index is 13.2. The number of allylic oxidation sites excluding steroid dienone is 1. The van der Waals surface area contributed by atoms with Gasteiger partial charge in [0, 0.05) is 0 Å². The van der Waals surface area contributed by atoms with E-state index in [1.54, 1.807) is 12.2 Å². The first-order valence-electron chi connectivity index (χ1n) is 5.75. The molecule has 0 saturated heterocycles. The lowest BCUT2D eigenvalue weighted by atomic mass is 10.1. The van der Waals surface area contributed by atoms with Crippen molar-refractivity contribution in [3.8, 4) is 0 Å². The maximum Gasteiger partial charge on any atom is 0.344 e. The molecule has 0 aliphatic rings. The molecule has 1 aromatic carbocycles. The third kappa shape index (κ3) is 3.34. The van der Waals surface area contributed by atoms with E-state index in [1.807, 2.05) is 6.92 Å². The van der Waals surface area contributed by atoms with Crippen LogP contribution in [0, 0.1) is 29.1 Å². The smallest absolute Gasteiger partial charge is 0.344 e.